The van der Waals surface area contributed by atoms with Gasteiger partial charge in [-0.1, -0.05) is 24.6 Å². The lowest BCUT2D eigenvalue weighted by atomic mass is 9.84. The Bertz CT molecular complexity index is 425. The van der Waals surface area contributed by atoms with Crippen LogP contribution in [0.3, 0.4) is 0 Å². The smallest absolute Gasteiger partial charge is 0.0391 e. The standard InChI is InChI=1S/C15H20N2/c1-2-6-13-11(4-1)15(16-10-8-9-10)12-5-3-7-14(12)17-13/h1-2,4,6,10,12,14-17H,3,5,7-9H2. The Balaban J connectivity index is 1.71. The second-order valence-corrected chi connectivity index (χ2v) is 5.85. The van der Waals surface area contributed by atoms with Gasteiger partial charge in [-0.2, -0.15) is 0 Å². The van der Waals surface area contributed by atoms with Crippen molar-refractivity contribution in [3.8, 4) is 0 Å². The van der Waals surface area contributed by atoms with E-state index in [1.807, 2.05) is 0 Å². The van der Waals surface area contributed by atoms with Gasteiger partial charge in [0.2, 0.25) is 0 Å². The highest BCUT2D eigenvalue weighted by Gasteiger charge is 2.41. The van der Waals surface area contributed by atoms with Crippen LogP contribution in [0.1, 0.15) is 43.7 Å². The van der Waals surface area contributed by atoms with Crippen LogP contribution in [0.5, 0.6) is 0 Å². The Morgan fingerprint density at radius 1 is 1.06 bits per heavy atom. The quantitative estimate of drug-likeness (QED) is 0.813. The van der Waals surface area contributed by atoms with Crippen molar-refractivity contribution in [1.82, 2.24) is 5.32 Å². The lowest BCUT2D eigenvalue weighted by Crippen LogP contribution is -2.41. The SMILES string of the molecule is c1ccc2c(c1)NC1CCCC1C2NC1CC1. The van der Waals surface area contributed by atoms with E-state index in [-0.39, 0.29) is 0 Å². The molecular formula is C15H20N2. The van der Waals surface area contributed by atoms with E-state index in [0.717, 1.165) is 12.0 Å². The minimum Gasteiger partial charge on any atom is -0.382 e. The highest BCUT2D eigenvalue weighted by molar-refractivity contribution is 5.56. The Hall–Kier alpha value is -1.02. The molecule has 2 nitrogen and oxygen atoms in total. The molecule has 0 radical (unpaired) electrons. The molecule has 2 N–H and O–H groups in total. The van der Waals surface area contributed by atoms with Crippen LogP contribution in [0.25, 0.3) is 0 Å². The first kappa shape index (κ1) is 9.95. The summed E-state index contributed by atoms with van der Waals surface area (Å²) in [4.78, 5) is 0. The molecular weight excluding hydrogens is 208 g/mol. The first-order valence-corrected chi connectivity index (χ1v) is 7.03. The summed E-state index contributed by atoms with van der Waals surface area (Å²) in [6.45, 7) is 0. The van der Waals surface area contributed by atoms with Gasteiger partial charge >= 0.3 is 0 Å². The molecule has 0 spiro atoms. The second-order valence-electron chi connectivity index (χ2n) is 5.85. The first-order chi connectivity index (χ1) is 8.42. The molecule has 2 saturated carbocycles. The Morgan fingerprint density at radius 3 is 2.82 bits per heavy atom. The van der Waals surface area contributed by atoms with E-state index < -0.39 is 0 Å². The van der Waals surface area contributed by atoms with Crippen LogP contribution in [-0.4, -0.2) is 12.1 Å². The highest BCUT2D eigenvalue weighted by Crippen LogP contribution is 2.45. The molecule has 0 bridgehead atoms. The zero-order valence-corrected chi connectivity index (χ0v) is 10.2. The van der Waals surface area contributed by atoms with E-state index in [9.17, 15) is 0 Å². The number of hydrogen-bond donors (Lipinski definition) is 2. The fourth-order valence-electron chi connectivity index (χ4n) is 3.61. The van der Waals surface area contributed by atoms with Gasteiger partial charge < -0.3 is 10.6 Å². The van der Waals surface area contributed by atoms with Crippen LogP contribution >= 0.6 is 0 Å². The normalized spacial score (nSPS) is 34.9. The predicted octanol–water partition coefficient (Wildman–Crippen LogP) is 3.07. The van der Waals surface area contributed by atoms with Gasteiger partial charge in [-0.25, -0.2) is 0 Å². The molecule has 0 amide bonds. The minimum absolute atomic E-state index is 0.604. The molecule has 0 aromatic heterocycles. The van der Waals surface area contributed by atoms with E-state index in [0.29, 0.717) is 12.1 Å². The Kier molecular flexibility index (Phi) is 2.19. The molecule has 3 unspecified atom stereocenters. The fourth-order valence-corrected chi connectivity index (χ4v) is 3.61. The molecule has 3 atom stereocenters. The van der Waals surface area contributed by atoms with Crippen molar-refractivity contribution in [2.45, 2.75) is 50.2 Å². The number of anilines is 1. The monoisotopic (exact) mass is 228 g/mol. The number of rotatable bonds is 2. The van der Waals surface area contributed by atoms with E-state index in [1.54, 1.807) is 0 Å². The average molecular weight is 228 g/mol. The molecule has 2 heteroatoms. The van der Waals surface area contributed by atoms with Crippen LogP contribution in [0, 0.1) is 5.92 Å². The minimum atomic E-state index is 0.604. The summed E-state index contributed by atoms with van der Waals surface area (Å²) in [6.07, 6.45) is 6.88. The molecule has 2 fully saturated rings. The maximum absolute atomic E-state index is 3.88. The van der Waals surface area contributed by atoms with Gasteiger partial charge in [0.1, 0.15) is 0 Å². The zero-order chi connectivity index (χ0) is 11.2. The second kappa shape index (κ2) is 3.74. The van der Waals surface area contributed by atoms with Gasteiger partial charge in [0.05, 0.1) is 0 Å². The molecule has 4 rings (SSSR count). The van der Waals surface area contributed by atoms with Crippen molar-refractivity contribution >= 4 is 5.69 Å². The van der Waals surface area contributed by atoms with Crippen LogP contribution in [0.2, 0.25) is 0 Å². The van der Waals surface area contributed by atoms with Gasteiger partial charge in [-0.05, 0) is 43.2 Å². The van der Waals surface area contributed by atoms with Crippen molar-refractivity contribution in [1.29, 1.82) is 0 Å². The molecule has 1 aromatic carbocycles. The Morgan fingerprint density at radius 2 is 1.94 bits per heavy atom. The summed E-state index contributed by atoms with van der Waals surface area (Å²) in [7, 11) is 0. The van der Waals surface area contributed by atoms with E-state index in [2.05, 4.69) is 34.9 Å². The highest BCUT2D eigenvalue weighted by atomic mass is 15.1. The van der Waals surface area contributed by atoms with E-state index in [1.165, 1.54) is 43.4 Å². The topological polar surface area (TPSA) is 24.1 Å². The molecule has 3 aliphatic rings. The van der Waals surface area contributed by atoms with Crippen LogP contribution < -0.4 is 10.6 Å². The third-order valence-corrected chi connectivity index (χ3v) is 4.63. The molecule has 1 aromatic rings. The molecule has 1 aliphatic heterocycles. The van der Waals surface area contributed by atoms with Gasteiger partial charge in [0.15, 0.2) is 0 Å². The largest absolute Gasteiger partial charge is 0.382 e. The average Bonchev–Trinajstić information content (AvgIpc) is 3.05. The van der Waals surface area contributed by atoms with Crippen LogP contribution in [-0.2, 0) is 0 Å². The number of para-hydroxylation sites is 1. The van der Waals surface area contributed by atoms with E-state index >= 15 is 0 Å². The van der Waals surface area contributed by atoms with E-state index in [4.69, 9.17) is 0 Å². The van der Waals surface area contributed by atoms with Crippen molar-refractivity contribution in [3.63, 3.8) is 0 Å². The molecule has 90 valence electrons. The molecule has 1 heterocycles. The molecule has 0 saturated heterocycles. The van der Waals surface area contributed by atoms with Gasteiger partial charge in [-0.15, -0.1) is 0 Å². The lowest BCUT2D eigenvalue weighted by molar-refractivity contribution is 0.335. The zero-order valence-electron chi connectivity index (χ0n) is 10.2. The summed E-state index contributed by atoms with van der Waals surface area (Å²) in [5, 5.41) is 7.62. The van der Waals surface area contributed by atoms with Gasteiger partial charge in [-0.3, -0.25) is 0 Å². The number of benzene rings is 1. The summed E-state index contributed by atoms with van der Waals surface area (Å²) >= 11 is 0. The molecule has 2 aliphatic carbocycles. The Labute approximate surface area is 103 Å². The first-order valence-electron chi connectivity index (χ1n) is 7.03. The van der Waals surface area contributed by atoms with Gasteiger partial charge in [0.25, 0.3) is 0 Å². The third-order valence-electron chi connectivity index (χ3n) is 4.63. The summed E-state index contributed by atoms with van der Waals surface area (Å²) < 4.78 is 0. The third kappa shape index (κ3) is 1.66. The summed E-state index contributed by atoms with van der Waals surface area (Å²) in [5.74, 6) is 0.811. The number of fused-ring (bicyclic) bond motifs is 2. The number of hydrogen-bond acceptors (Lipinski definition) is 2. The van der Waals surface area contributed by atoms with Crippen molar-refractivity contribution in [2.24, 2.45) is 5.92 Å². The van der Waals surface area contributed by atoms with Crippen molar-refractivity contribution in [3.05, 3.63) is 29.8 Å². The maximum Gasteiger partial charge on any atom is 0.0391 e. The van der Waals surface area contributed by atoms with Crippen LogP contribution in [0.15, 0.2) is 24.3 Å². The summed E-state index contributed by atoms with van der Waals surface area (Å²) in [6, 6.07) is 11.0. The van der Waals surface area contributed by atoms with Gasteiger partial charge in [0, 0.05) is 23.8 Å². The lowest BCUT2D eigenvalue weighted by Gasteiger charge is -2.37. The van der Waals surface area contributed by atoms with Crippen LogP contribution in [0.4, 0.5) is 5.69 Å². The van der Waals surface area contributed by atoms with Crippen molar-refractivity contribution < 1.29 is 0 Å². The number of nitrogens with one attached hydrogen (secondary N) is 2. The van der Waals surface area contributed by atoms with Crippen molar-refractivity contribution in [2.75, 3.05) is 5.32 Å². The molecule has 17 heavy (non-hydrogen) atoms. The maximum atomic E-state index is 3.88. The fraction of sp³-hybridized carbons (Fsp3) is 0.600. The predicted molar refractivity (Wildman–Crippen MR) is 70.1 cm³/mol. The summed E-state index contributed by atoms with van der Waals surface area (Å²) in [5.41, 5.74) is 2.87.